The van der Waals surface area contributed by atoms with E-state index in [-0.39, 0.29) is 4.90 Å². The van der Waals surface area contributed by atoms with Gasteiger partial charge in [-0.25, -0.2) is 0 Å². The van der Waals surface area contributed by atoms with Gasteiger partial charge in [0.25, 0.3) is 10.1 Å². The molecule has 2 unspecified atom stereocenters. The van der Waals surface area contributed by atoms with Crippen molar-refractivity contribution in [3.63, 3.8) is 0 Å². The van der Waals surface area contributed by atoms with Crippen molar-refractivity contribution in [3.05, 3.63) is 29.3 Å². The van der Waals surface area contributed by atoms with Crippen LogP contribution >= 0.6 is 0 Å². The number of hydrogen-bond acceptors (Lipinski definition) is 2. The lowest BCUT2D eigenvalue weighted by molar-refractivity contribution is 0.420. The van der Waals surface area contributed by atoms with E-state index in [4.69, 9.17) is 0 Å². The minimum Gasteiger partial charge on any atom is -0.282 e. The van der Waals surface area contributed by atoms with Crippen molar-refractivity contribution >= 4 is 10.1 Å². The van der Waals surface area contributed by atoms with Crippen molar-refractivity contribution in [2.24, 2.45) is 0 Å². The van der Waals surface area contributed by atoms with Gasteiger partial charge in [0.05, 0.1) is 4.90 Å². The molecule has 0 fully saturated rings. The topological polar surface area (TPSA) is 54.4 Å². The van der Waals surface area contributed by atoms with Crippen LogP contribution in [0.25, 0.3) is 0 Å². The first-order valence-electron chi connectivity index (χ1n) is 11.6. The molecule has 1 aliphatic rings. The minimum atomic E-state index is -4.14. The number of benzene rings is 1. The molecule has 0 aliphatic heterocycles. The lowest BCUT2D eigenvalue weighted by atomic mass is 9.73. The predicted octanol–water partition coefficient (Wildman–Crippen LogP) is 7.62. The van der Waals surface area contributed by atoms with Gasteiger partial charge in [0.1, 0.15) is 0 Å². The third kappa shape index (κ3) is 7.18. The second kappa shape index (κ2) is 12.0. The molecule has 2 atom stereocenters. The molecule has 0 heterocycles. The van der Waals surface area contributed by atoms with Gasteiger partial charge >= 0.3 is 0 Å². The first-order chi connectivity index (χ1) is 13.5. The van der Waals surface area contributed by atoms with Gasteiger partial charge in [0.2, 0.25) is 0 Å². The van der Waals surface area contributed by atoms with Crippen molar-refractivity contribution in [1.29, 1.82) is 0 Å². The molecule has 1 aromatic carbocycles. The number of hydrogen-bond donors (Lipinski definition) is 1. The van der Waals surface area contributed by atoms with Crippen molar-refractivity contribution < 1.29 is 13.0 Å². The predicted molar refractivity (Wildman–Crippen MR) is 118 cm³/mol. The highest BCUT2D eigenvalue weighted by molar-refractivity contribution is 7.85. The Hall–Kier alpha value is -0.870. The first-order valence-corrected chi connectivity index (χ1v) is 13.0. The van der Waals surface area contributed by atoms with Crippen molar-refractivity contribution in [1.82, 2.24) is 0 Å². The van der Waals surface area contributed by atoms with E-state index in [1.807, 2.05) is 6.07 Å². The Morgan fingerprint density at radius 3 is 1.86 bits per heavy atom. The van der Waals surface area contributed by atoms with Crippen molar-refractivity contribution in [2.45, 2.75) is 120 Å². The number of fused-ring (bicyclic) bond motifs is 1. The van der Waals surface area contributed by atoms with Gasteiger partial charge in [0.15, 0.2) is 0 Å². The summed E-state index contributed by atoms with van der Waals surface area (Å²) in [5.74, 6) is 0.984. The maximum atomic E-state index is 11.7. The van der Waals surface area contributed by atoms with Gasteiger partial charge in [-0.15, -0.1) is 0 Å². The van der Waals surface area contributed by atoms with E-state index in [2.05, 4.69) is 13.8 Å². The van der Waals surface area contributed by atoms with E-state index in [0.717, 1.165) is 12.8 Å². The van der Waals surface area contributed by atoms with E-state index < -0.39 is 10.1 Å². The summed E-state index contributed by atoms with van der Waals surface area (Å²) >= 11 is 0. The molecule has 1 aromatic rings. The van der Waals surface area contributed by atoms with Gasteiger partial charge in [-0.05, 0) is 60.8 Å². The summed E-state index contributed by atoms with van der Waals surface area (Å²) in [6.45, 7) is 4.47. The van der Waals surface area contributed by atoms with Crippen LogP contribution in [0.4, 0.5) is 0 Å². The molecule has 160 valence electrons. The molecule has 2 rings (SSSR count). The molecule has 1 N–H and O–H groups in total. The summed E-state index contributed by atoms with van der Waals surface area (Å²) in [4.78, 5) is 0.0602. The lowest BCUT2D eigenvalue weighted by Crippen LogP contribution is -2.16. The highest BCUT2D eigenvalue weighted by Crippen LogP contribution is 2.44. The molecule has 28 heavy (non-hydrogen) atoms. The maximum absolute atomic E-state index is 11.7. The zero-order valence-electron chi connectivity index (χ0n) is 18.0. The fourth-order valence-corrected chi connectivity index (χ4v) is 5.26. The summed E-state index contributed by atoms with van der Waals surface area (Å²) in [6.07, 6.45) is 17.5. The lowest BCUT2D eigenvalue weighted by Gasteiger charge is -2.32. The molecule has 4 heteroatoms. The highest BCUT2D eigenvalue weighted by atomic mass is 32.2. The van der Waals surface area contributed by atoms with Crippen molar-refractivity contribution in [2.75, 3.05) is 0 Å². The zero-order valence-corrected chi connectivity index (χ0v) is 18.8. The summed E-state index contributed by atoms with van der Waals surface area (Å²) in [5.41, 5.74) is 2.53. The number of unbranched alkanes of at least 4 members (excludes halogenated alkanes) is 8. The highest BCUT2D eigenvalue weighted by Gasteiger charge is 2.28. The third-order valence-corrected chi connectivity index (χ3v) is 7.26. The molecular weight excluding hydrogens is 368 g/mol. The van der Waals surface area contributed by atoms with Crippen molar-refractivity contribution in [3.8, 4) is 0 Å². The minimum absolute atomic E-state index is 0.0602. The molecule has 0 amide bonds. The van der Waals surface area contributed by atoms with Crippen LogP contribution in [0.2, 0.25) is 0 Å². The fraction of sp³-hybridized carbons (Fsp3) is 0.750. The monoisotopic (exact) mass is 408 g/mol. The zero-order chi connectivity index (χ0) is 20.4. The molecule has 3 nitrogen and oxygen atoms in total. The molecular formula is C24H40O3S. The summed E-state index contributed by atoms with van der Waals surface area (Å²) < 4.78 is 32.8. The number of rotatable bonds is 13. The van der Waals surface area contributed by atoms with E-state index in [1.165, 1.54) is 88.2 Å². The van der Waals surface area contributed by atoms with E-state index >= 15 is 0 Å². The van der Waals surface area contributed by atoms with Crippen LogP contribution in [0.3, 0.4) is 0 Å². The average Bonchev–Trinajstić information content (AvgIpc) is 2.67. The normalized spacial score (nSPS) is 19.5. The SMILES string of the molecule is CCCCCCCCC1CCC(CCCCCC)c2cc(S(=O)(=O)O)ccc21. The Bertz CT molecular complexity index is 681. The van der Waals surface area contributed by atoms with Crippen LogP contribution in [0.1, 0.15) is 127 Å². The summed E-state index contributed by atoms with van der Waals surface area (Å²) in [5, 5.41) is 0. The quantitative estimate of drug-likeness (QED) is 0.270. The van der Waals surface area contributed by atoms with Crippen LogP contribution < -0.4 is 0 Å². The maximum Gasteiger partial charge on any atom is 0.294 e. The fourth-order valence-electron chi connectivity index (χ4n) is 4.74. The molecule has 0 radical (unpaired) electrons. The summed E-state index contributed by atoms with van der Waals surface area (Å²) in [7, 11) is -4.14. The van der Waals surface area contributed by atoms with E-state index in [1.54, 1.807) is 12.1 Å². The second-order valence-corrected chi connectivity index (χ2v) is 10.1. The van der Waals surface area contributed by atoms with Crippen LogP contribution in [0.5, 0.6) is 0 Å². The van der Waals surface area contributed by atoms with Gasteiger partial charge in [-0.2, -0.15) is 8.42 Å². The Labute approximate surface area is 173 Å². The molecule has 0 aromatic heterocycles. The van der Waals surface area contributed by atoms with Crippen LogP contribution in [-0.2, 0) is 10.1 Å². The largest absolute Gasteiger partial charge is 0.294 e. The van der Waals surface area contributed by atoms with Gasteiger partial charge < -0.3 is 0 Å². The Morgan fingerprint density at radius 1 is 0.786 bits per heavy atom. The van der Waals surface area contributed by atoms with Gasteiger partial charge in [-0.1, -0.05) is 84.1 Å². The Kier molecular flexibility index (Phi) is 10.0. The van der Waals surface area contributed by atoms with Gasteiger partial charge in [-0.3, -0.25) is 4.55 Å². The van der Waals surface area contributed by atoms with E-state index in [0.29, 0.717) is 11.8 Å². The summed E-state index contributed by atoms with van der Waals surface area (Å²) in [6, 6.07) is 5.35. The Balaban J connectivity index is 2.06. The van der Waals surface area contributed by atoms with Crippen LogP contribution in [0.15, 0.2) is 23.1 Å². The third-order valence-electron chi connectivity index (χ3n) is 6.41. The molecule has 0 spiro atoms. The Morgan fingerprint density at radius 2 is 1.29 bits per heavy atom. The second-order valence-electron chi connectivity index (χ2n) is 8.64. The molecule has 0 saturated carbocycles. The van der Waals surface area contributed by atoms with Crippen LogP contribution in [0, 0.1) is 0 Å². The van der Waals surface area contributed by atoms with Gasteiger partial charge in [0, 0.05) is 0 Å². The van der Waals surface area contributed by atoms with E-state index in [9.17, 15) is 13.0 Å². The molecule has 0 saturated heterocycles. The molecule has 1 aliphatic carbocycles. The first kappa shape index (κ1) is 23.4. The van der Waals surface area contributed by atoms with Crippen LogP contribution in [-0.4, -0.2) is 13.0 Å². The molecule has 0 bridgehead atoms. The standard InChI is InChI=1S/C24H40O3S/c1-3-5-7-9-10-12-13-20-15-16-21(14-11-8-6-4-2)24-19-22(28(25,26)27)17-18-23(20)24/h17-21H,3-16H2,1-2H3,(H,25,26,27). The average molecular weight is 409 g/mol. The smallest absolute Gasteiger partial charge is 0.282 e.